The Morgan fingerprint density at radius 1 is 1.12 bits per heavy atom. The van der Waals surface area contributed by atoms with Crippen molar-refractivity contribution >= 4 is 11.2 Å². The minimum absolute atomic E-state index is 0.170. The van der Waals surface area contributed by atoms with Gasteiger partial charge in [-0.25, -0.2) is 18.7 Å². The van der Waals surface area contributed by atoms with Gasteiger partial charge in [-0.1, -0.05) is 30.3 Å². The zero-order valence-electron chi connectivity index (χ0n) is 17.7. The molecular weight excluding hydrogens is 411 g/mol. The monoisotopic (exact) mass is 434 g/mol. The molecule has 3 heterocycles. The summed E-state index contributed by atoms with van der Waals surface area (Å²) in [6.07, 6.45) is 3.11. The molecule has 164 valence electrons. The average Bonchev–Trinajstić information content (AvgIpc) is 3.44. The van der Waals surface area contributed by atoms with Crippen LogP contribution >= 0.6 is 0 Å². The van der Waals surface area contributed by atoms with Gasteiger partial charge in [0.1, 0.15) is 5.82 Å². The molecule has 0 spiro atoms. The Morgan fingerprint density at radius 3 is 2.62 bits per heavy atom. The third-order valence-corrected chi connectivity index (χ3v) is 5.93. The van der Waals surface area contributed by atoms with Crippen LogP contribution in [0.4, 0.5) is 4.39 Å². The van der Waals surface area contributed by atoms with Crippen molar-refractivity contribution in [1.82, 2.24) is 18.7 Å². The van der Waals surface area contributed by atoms with Gasteiger partial charge in [-0.3, -0.25) is 9.36 Å². The second-order valence-electron chi connectivity index (χ2n) is 8.13. The third kappa shape index (κ3) is 3.56. The maximum atomic E-state index is 13.5. The first-order chi connectivity index (χ1) is 15.5. The highest BCUT2D eigenvalue weighted by Gasteiger charge is 2.24. The number of aryl methyl sites for hydroxylation is 1. The number of benzene rings is 2. The molecule has 2 aromatic carbocycles. The van der Waals surface area contributed by atoms with Crippen LogP contribution in [-0.4, -0.2) is 31.4 Å². The molecule has 0 N–H and O–H groups in total. The van der Waals surface area contributed by atoms with Crippen molar-refractivity contribution in [2.75, 3.05) is 6.61 Å². The highest BCUT2D eigenvalue weighted by atomic mass is 19.1. The van der Waals surface area contributed by atoms with E-state index in [1.165, 1.54) is 21.3 Å². The number of hydrogen-bond acceptors (Lipinski definition) is 4. The quantitative estimate of drug-likeness (QED) is 0.484. The van der Waals surface area contributed by atoms with Crippen molar-refractivity contribution in [3.8, 4) is 5.69 Å². The highest BCUT2D eigenvalue weighted by Crippen LogP contribution is 2.19. The van der Waals surface area contributed by atoms with Crippen molar-refractivity contribution in [2.45, 2.75) is 39.0 Å². The molecule has 1 aliphatic heterocycles. The first-order valence-corrected chi connectivity index (χ1v) is 10.7. The van der Waals surface area contributed by atoms with Crippen LogP contribution in [0.25, 0.3) is 16.9 Å². The summed E-state index contributed by atoms with van der Waals surface area (Å²) < 4.78 is 23.5. The first-order valence-electron chi connectivity index (χ1n) is 10.7. The zero-order valence-corrected chi connectivity index (χ0v) is 17.7. The van der Waals surface area contributed by atoms with E-state index in [-0.39, 0.29) is 18.5 Å². The lowest BCUT2D eigenvalue weighted by atomic mass is 10.2. The molecule has 8 heteroatoms. The summed E-state index contributed by atoms with van der Waals surface area (Å²) >= 11 is 0. The maximum Gasteiger partial charge on any atom is 0.337 e. The van der Waals surface area contributed by atoms with E-state index in [1.54, 1.807) is 23.0 Å². The lowest BCUT2D eigenvalue weighted by Crippen LogP contribution is -2.42. The van der Waals surface area contributed by atoms with Gasteiger partial charge in [-0.15, -0.1) is 0 Å². The molecule has 1 fully saturated rings. The lowest BCUT2D eigenvalue weighted by molar-refractivity contribution is 0.0950. The van der Waals surface area contributed by atoms with Gasteiger partial charge in [0.05, 0.1) is 24.7 Å². The molecule has 0 unspecified atom stereocenters. The Hall–Kier alpha value is -3.52. The van der Waals surface area contributed by atoms with Crippen LogP contribution in [0, 0.1) is 12.7 Å². The van der Waals surface area contributed by atoms with Crippen LogP contribution in [0.15, 0.2) is 64.4 Å². The van der Waals surface area contributed by atoms with Gasteiger partial charge in [0.2, 0.25) is 0 Å². The smallest absolute Gasteiger partial charge is 0.337 e. The molecule has 0 amide bonds. The number of ether oxygens (including phenoxy) is 1. The summed E-state index contributed by atoms with van der Waals surface area (Å²) in [7, 11) is 0. The van der Waals surface area contributed by atoms with Crippen molar-refractivity contribution in [1.29, 1.82) is 0 Å². The summed E-state index contributed by atoms with van der Waals surface area (Å²) in [6, 6.07) is 13.6. The standard InChI is InChI=1S/C24H23FN4O3/c1-16-5-2-3-7-20(16)29-22-21(23(30)28(24(29)31)14-19-6-4-12-32-19)27(15-26-22)13-17-8-10-18(25)11-9-17/h2-3,5,7-11,15,19H,4,6,12-14H2,1H3/t19-/m0/s1. The summed E-state index contributed by atoms with van der Waals surface area (Å²) in [5, 5.41) is 0. The number of fused-ring (bicyclic) bond motifs is 1. The third-order valence-electron chi connectivity index (χ3n) is 5.93. The Kier molecular flexibility index (Phi) is 5.22. The lowest BCUT2D eigenvalue weighted by Gasteiger charge is -2.16. The maximum absolute atomic E-state index is 13.5. The molecule has 2 aromatic heterocycles. The van der Waals surface area contributed by atoms with E-state index in [0.29, 0.717) is 30.0 Å². The molecule has 1 saturated heterocycles. The first kappa shape index (κ1) is 20.4. The van der Waals surface area contributed by atoms with E-state index >= 15 is 0 Å². The number of halogens is 1. The fraction of sp³-hybridized carbons (Fsp3) is 0.292. The van der Waals surface area contributed by atoms with Crippen LogP contribution in [0.2, 0.25) is 0 Å². The zero-order chi connectivity index (χ0) is 22.2. The van der Waals surface area contributed by atoms with Gasteiger partial charge in [0.25, 0.3) is 5.56 Å². The Labute approximate surface area is 183 Å². The van der Waals surface area contributed by atoms with E-state index in [9.17, 15) is 14.0 Å². The van der Waals surface area contributed by atoms with Gasteiger partial charge >= 0.3 is 5.69 Å². The molecule has 4 aromatic rings. The molecule has 0 aliphatic carbocycles. The van der Waals surface area contributed by atoms with Crippen molar-refractivity contribution in [3.05, 3.63) is 92.6 Å². The molecule has 1 atom stereocenters. The minimum Gasteiger partial charge on any atom is -0.376 e. The topological polar surface area (TPSA) is 71.1 Å². The van der Waals surface area contributed by atoms with Crippen molar-refractivity contribution in [3.63, 3.8) is 0 Å². The van der Waals surface area contributed by atoms with E-state index in [2.05, 4.69) is 4.98 Å². The van der Waals surface area contributed by atoms with Crippen molar-refractivity contribution in [2.24, 2.45) is 0 Å². The van der Waals surface area contributed by atoms with Gasteiger partial charge < -0.3 is 9.30 Å². The second-order valence-corrected chi connectivity index (χ2v) is 8.13. The Balaban J connectivity index is 1.73. The molecule has 0 saturated carbocycles. The van der Waals surface area contributed by atoms with Crippen LogP contribution in [0.3, 0.4) is 0 Å². The normalized spacial score (nSPS) is 16.1. The predicted octanol–water partition coefficient (Wildman–Crippen LogP) is 3.02. The fourth-order valence-electron chi connectivity index (χ4n) is 4.27. The number of para-hydroxylation sites is 1. The summed E-state index contributed by atoms with van der Waals surface area (Å²) in [5.41, 5.74) is 2.20. The summed E-state index contributed by atoms with van der Waals surface area (Å²) in [6.45, 7) is 3.08. The summed E-state index contributed by atoms with van der Waals surface area (Å²) in [4.78, 5) is 31.5. The predicted molar refractivity (Wildman–Crippen MR) is 119 cm³/mol. The Morgan fingerprint density at radius 2 is 1.91 bits per heavy atom. The second kappa shape index (κ2) is 8.20. The number of rotatable bonds is 5. The number of imidazole rings is 1. The van der Waals surface area contributed by atoms with Crippen LogP contribution in [0.5, 0.6) is 0 Å². The van der Waals surface area contributed by atoms with Gasteiger partial charge in [-0.05, 0) is 49.1 Å². The van der Waals surface area contributed by atoms with E-state index in [4.69, 9.17) is 4.74 Å². The fourth-order valence-corrected chi connectivity index (χ4v) is 4.27. The summed E-state index contributed by atoms with van der Waals surface area (Å²) in [5.74, 6) is -0.323. The molecule has 0 radical (unpaired) electrons. The minimum atomic E-state index is -0.431. The SMILES string of the molecule is Cc1ccccc1-n1c(=O)n(C[C@@H]2CCCO2)c(=O)c2c1ncn2Cc1ccc(F)cc1. The molecule has 0 bridgehead atoms. The molecule has 1 aliphatic rings. The van der Waals surface area contributed by atoms with Gasteiger partial charge in [0, 0.05) is 13.2 Å². The highest BCUT2D eigenvalue weighted by molar-refractivity contribution is 5.73. The number of nitrogens with zero attached hydrogens (tertiary/aromatic N) is 4. The molecule has 32 heavy (non-hydrogen) atoms. The molecule has 7 nitrogen and oxygen atoms in total. The molecular formula is C24H23FN4O3. The largest absolute Gasteiger partial charge is 0.376 e. The van der Waals surface area contributed by atoms with E-state index in [1.807, 2.05) is 31.2 Å². The van der Waals surface area contributed by atoms with E-state index in [0.717, 1.165) is 24.0 Å². The van der Waals surface area contributed by atoms with Gasteiger partial charge in [0.15, 0.2) is 11.2 Å². The van der Waals surface area contributed by atoms with Crippen LogP contribution in [-0.2, 0) is 17.8 Å². The van der Waals surface area contributed by atoms with Crippen LogP contribution < -0.4 is 11.2 Å². The van der Waals surface area contributed by atoms with Crippen LogP contribution in [0.1, 0.15) is 24.0 Å². The van der Waals surface area contributed by atoms with E-state index < -0.39 is 11.2 Å². The number of hydrogen-bond donors (Lipinski definition) is 0. The Bertz CT molecular complexity index is 1400. The van der Waals surface area contributed by atoms with Gasteiger partial charge in [-0.2, -0.15) is 0 Å². The van der Waals surface area contributed by atoms with Crippen molar-refractivity contribution < 1.29 is 9.13 Å². The average molecular weight is 434 g/mol. The number of aromatic nitrogens is 4. The molecule has 5 rings (SSSR count).